The van der Waals surface area contributed by atoms with Gasteiger partial charge in [-0.15, -0.1) is 0 Å². The van der Waals surface area contributed by atoms with Crippen molar-refractivity contribution in [1.82, 2.24) is 0 Å². The topological polar surface area (TPSA) is 26.0 Å². The second kappa shape index (κ2) is 3.64. The van der Waals surface area contributed by atoms with Gasteiger partial charge in [0, 0.05) is 5.54 Å². The molecular weight excluding hydrogens is 182 g/mol. The lowest BCUT2D eigenvalue weighted by Gasteiger charge is -2.19. The van der Waals surface area contributed by atoms with E-state index in [1.165, 1.54) is 18.4 Å². The van der Waals surface area contributed by atoms with Crippen molar-refractivity contribution in [3.05, 3.63) is 34.9 Å². The number of aryl methyl sites for hydroxylation is 1. The molecule has 1 aromatic carbocycles. The van der Waals surface area contributed by atoms with Gasteiger partial charge in [0.25, 0.3) is 0 Å². The molecule has 0 heterocycles. The lowest BCUT2D eigenvalue weighted by atomic mass is 9.93. The normalized spacial score (nSPS) is 20.4. The highest BCUT2D eigenvalue weighted by Crippen LogP contribution is 2.33. The number of nitrogens with two attached hydrogens (primary N) is 1. The number of benzene rings is 1. The summed E-state index contributed by atoms with van der Waals surface area (Å²) in [4.78, 5) is 0. The molecule has 1 aliphatic carbocycles. The smallest absolute Gasteiger partial charge is 0.0138 e. The van der Waals surface area contributed by atoms with Crippen LogP contribution in [0.1, 0.15) is 49.8 Å². The average Bonchev–Trinajstić information content (AvgIpc) is 2.45. The van der Waals surface area contributed by atoms with Crippen molar-refractivity contribution in [1.29, 1.82) is 0 Å². The van der Waals surface area contributed by atoms with Crippen molar-refractivity contribution < 1.29 is 0 Å². The maximum absolute atomic E-state index is 6.05. The Kier molecular flexibility index (Phi) is 2.59. The molecule has 15 heavy (non-hydrogen) atoms. The van der Waals surface area contributed by atoms with Crippen LogP contribution in [0.5, 0.6) is 0 Å². The van der Waals surface area contributed by atoms with E-state index in [0.29, 0.717) is 0 Å². The van der Waals surface area contributed by atoms with E-state index in [0.717, 1.165) is 12.3 Å². The number of rotatable bonds is 2. The Morgan fingerprint density at radius 1 is 1.40 bits per heavy atom. The third-order valence-electron chi connectivity index (χ3n) is 3.25. The van der Waals surface area contributed by atoms with Gasteiger partial charge in [0.2, 0.25) is 0 Å². The van der Waals surface area contributed by atoms with Crippen LogP contribution in [0.15, 0.2) is 18.2 Å². The van der Waals surface area contributed by atoms with Crippen LogP contribution in [0, 0.1) is 0 Å². The molecule has 0 amide bonds. The lowest BCUT2D eigenvalue weighted by Crippen LogP contribution is -2.34. The van der Waals surface area contributed by atoms with Crippen LogP contribution in [0.2, 0.25) is 0 Å². The quantitative estimate of drug-likeness (QED) is 0.785. The van der Waals surface area contributed by atoms with Gasteiger partial charge in [-0.25, -0.2) is 0 Å². The first-order chi connectivity index (χ1) is 6.96. The summed E-state index contributed by atoms with van der Waals surface area (Å²) in [5, 5.41) is 0. The zero-order valence-corrected chi connectivity index (χ0v) is 10.0. The van der Waals surface area contributed by atoms with E-state index >= 15 is 0 Å². The summed E-state index contributed by atoms with van der Waals surface area (Å²) < 4.78 is 0. The summed E-state index contributed by atoms with van der Waals surface area (Å²) in [6.45, 7) is 6.50. The van der Waals surface area contributed by atoms with Crippen LogP contribution in [0.25, 0.3) is 0 Å². The van der Waals surface area contributed by atoms with Gasteiger partial charge in [0.1, 0.15) is 0 Å². The number of hydrogen-bond acceptors (Lipinski definition) is 1. The molecule has 82 valence electrons. The summed E-state index contributed by atoms with van der Waals surface area (Å²) in [7, 11) is 0. The largest absolute Gasteiger partial charge is 0.325 e. The fourth-order valence-electron chi connectivity index (χ4n) is 2.49. The van der Waals surface area contributed by atoms with Crippen LogP contribution in [-0.4, -0.2) is 5.54 Å². The van der Waals surface area contributed by atoms with Gasteiger partial charge in [-0.2, -0.15) is 0 Å². The maximum atomic E-state index is 6.05. The van der Waals surface area contributed by atoms with E-state index in [1.54, 1.807) is 11.1 Å². The Balaban J connectivity index is 2.26. The molecule has 0 saturated heterocycles. The summed E-state index contributed by atoms with van der Waals surface area (Å²) >= 11 is 0. The molecular formula is C14H21N. The highest BCUT2D eigenvalue weighted by Gasteiger charge is 2.19. The van der Waals surface area contributed by atoms with Crippen LogP contribution in [0.4, 0.5) is 0 Å². The molecule has 1 atom stereocenters. The van der Waals surface area contributed by atoms with Crippen LogP contribution in [0.3, 0.4) is 0 Å². The zero-order valence-electron chi connectivity index (χ0n) is 10.0. The summed E-state index contributed by atoms with van der Waals surface area (Å²) in [5.74, 6) is 0.737. The first kappa shape index (κ1) is 10.7. The fraction of sp³-hybridized carbons (Fsp3) is 0.571. The first-order valence-electron chi connectivity index (χ1n) is 5.86. The van der Waals surface area contributed by atoms with Gasteiger partial charge in [0.15, 0.2) is 0 Å². The van der Waals surface area contributed by atoms with Crippen LogP contribution < -0.4 is 5.73 Å². The standard InChI is InChI=1S/C14H21N/c1-10-4-6-12-7-5-11(8-13(10)12)9-14(2,3)15/h5,7-8,10H,4,6,9,15H2,1-3H3. The third kappa shape index (κ3) is 2.40. The Labute approximate surface area is 92.7 Å². The second-order valence-electron chi connectivity index (χ2n) is 5.64. The van der Waals surface area contributed by atoms with Crippen molar-refractivity contribution in [2.75, 3.05) is 0 Å². The fourth-order valence-corrected chi connectivity index (χ4v) is 2.49. The first-order valence-corrected chi connectivity index (χ1v) is 5.86. The van der Waals surface area contributed by atoms with Crippen molar-refractivity contribution in [2.45, 2.75) is 51.5 Å². The summed E-state index contributed by atoms with van der Waals surface area (Å²) in [6.07, 6.45) is 3.53. The number of fused-ring (bicyclic) bond motifs is 1. The van der Waals surface area contributed by atoms with E-state index in [2.05, 4.69) is 39.0 Å². The minimum atomic E-state index is -0.101. The van der Waals surface area contributed by atoms with Gasteiger partial charge in [-0.3, -0.25) is 0 Å². The Hall–Kier alpha value is -0.820. The SMILES string of the molecule is CC1CCc2ccc(CC(C)(C)N)cc21. The molecule has 1 unspecified atom stereocenters. The van der Waals surface area contributed by atoms with E-state index in [-0.39, 0.29) is 5.54 Å². The molecule has 2 N–H and O–H groups in total. The van der Waals surface area contributed by atoms with Crippen LogP contribution in [-0.2, 0) is 12.8 Å². The zero-order chi connectivity index (χ0) is 11.1. The van der Waals surface area contributed by atoms with Gasteiger partial charge in [-0.05, 0) is 55.7 Å². The third-order valence-corrected chi connectivity index (χ3v) is 3.25. The van der Waals surface area contributed by atoms with E-state index in [1.807, 2.05) is 0 Å². The molecule has 0 saturated carbocycles. The van der Waals surface area contributed by atoms with Gasteiger partial charge in [0.05, 0.1) is 0 Å². The van der Waals surface area contributed by atoms with E-state index in [4.69, 9.17) is 5.73 Å². The molecule has 0 spiro atoms. The van der Waals surface area contributed by atoms with Crippen molar-refractivity contribution in [2.24, 2.45) is 5.73 Å². The van der Waals surface area contributed by atoms with Crippen molar-refractivity contribution in [3.8, 4) is 0 Å². The molecule has 0 radical (unpaired) electrons. The number of hydrogen-bond donors (Lipinski definition) is 1. The molecule has 1 aliphatic rings. The molecule has 1 heteroatoms. The maximum Gasteiger partial charge on any atom is 0.0138 e. The summed E-state index contributed by atoms with van der Waals surface area (Å²) in [6, 6.07) is 6.90. The lowest BCUT2D eigenvalue weighted by molar-refractivity contribution is 0.516. The van der Waals surface area contributed by atoms with Gasteiger partial charge >= 0.3 is 0 Å². The van der Waals surface area contributed by atoms with Crippen LogP contribution >= 0.6 is 0 Å². The highest BCUT2D eigenvalue weighted by atomic mass is 14.7. The predicted octanol–water partition coefficient (Wildman–Crippen LogP) is 3.02. The van der Waals surface area contributed by atoms with E-state index < -0.39 is 0 Å². The second-order valence-corrected chi connectivity index (χ2v) is 5.64. The monoisotopic (exact) mass is 203 g/mol. The van der Waals surface area contributed by atoms with Gasteiger partial charge in [-0.1, -0.05) is 25.1 Å². The summed E-state index contributed by atoms with van der Waals surface area (Å²) in [5.41, 5.74) is 10.4. The van der Waals surface area contributed by atoms with Crippen molar-refractivity contribution in [3.63, 3.8) is 0 Å². The Morgan fingerprint density at radius 3 is 2.80 bits per heavy atom. The van der Waals surface area contributed by atoms with Gasteiger partial charge < -0.3 is 5.73 Å². The minimum absolute atomic E-state index is 0.101. The molecule has 0 bridgehead atoms. The highest BCUT2D eigenvalue weighted by molar-refractivity contribution is 5.38. The Morgan fingerprint density at radius 2 is 2.13 bits per heavy atom. The van der Waals surface area contributed by atoms with E-state index in [9.17, 15) is 0 Å². The molecule has 0 aromatic heterocycles. The molecule has 2 rings (SSSR count). The Bertz CT molecular complexity index is 360. The van der Waals surface area contributed by atoms with Crippen molar-refractivity contribution >= 4 is 0 Å². The molecule has 1 nitrogen and oxygen atoms in total. The average molecular weight is 203 g/mol. The molecule has 1 aromatic rings. The minimum Gasteiger partial charge on any atom is -0.325 e. The molecule has 0 aliphatic heterocycles. The molecule has 0 fully saturated rings. The predicted molar refractivity (Wildman–Crippen MR) is 65.1 cm³/mol.